The Balaban J connectivity index is 1.59. The van der Waals surface area contributed by atoms with Crippen LogP contribution < -0.4 is 9.46 Å². The van der Waals surface area contributed by atoms with Crippen LogP contribution in [-0.2, 0) is 19.6 Å². The molecule has 0 aliphatic carbocycles. The van der Waals surface area contributed by atoms with E-state index < -0.39 is 21.6 Å². The van der Waals surface area contributed by atoms with Gasteiger partial charge in [-0.2, -0.15) is 0 Å². The van der Waals surface area contributed by atoms with Gasteiger partial charge < -0.3 is 4.74 Å². The lowest BCUT2D eigenvalue weighted by Crippen LogP contribution is -2.43. The number of hydrogen-bond donors (Lipinski definition) is 1. The minimum absolute atomic E-state index is 0.0632. The van der Waals surface area contributed by atoms with Crippen LogP contribution in [0.3, 0.4) is 0 Å². The molecule has 1 aromatic heterocycles. The summed E-state index contributed by atoms with van der Waals surface area (Å²) in [5.41, 5.74) is 0.0668. The number of ether oxygens (including phenoxy) is 1. The fourth-order valence-electron chi connectivity index (χ4n) is 2.54. The molecule has 0 atom stereocenters. The first-order chi connectivity index (χ1) is 13.3. The number of halogens is 1. The molecule has 148 valence electrons. The van der Waals surface area contributed by atoms with Gasteiger partial charge in [0.1, 0.15) is 0 Å². The maximum absolute atomic E-state index is 13.5. The van der Waals surface area contributed by atoms with E-state index in [-0.39, 0.29) is 48.6 Å². The Hall–Kier alpha value is -3.08. The number of carbonyl (C=O) groups is 2. The van der Waals surface area contributed by atoms with Gasteiger partial charge in [-0.3, -0.25) is 19.2 Å². The van der Waals surface area contributed by atoms with Gasteiger partial charge in [0, 0.05) is 19.4 Å². The zero-order valence-electron chi connectivity index (χ0n) is 14.7. The summed E-state index contributed by atoms with van der Waals surface area (Å²) in [4.78, 5) is 32.1. The topological polar surface area (TPSA) is 119 Å². The number of piperidine rings is 1. The van der Waals surface area contributed by atoms with E-state index in [4.69, 9.17) is 4.74 Å². The summed E-state index contributed by atoms with van der Waals surface area (Å²) in [7, 11) is -3.84. The Labute approximate surface area is 160 Å². The minimum atomic E-state index is -3.84. The minimum Gasteiger partial charge on any atom is -0.421 e. The van der Waals surface area contributed by atoms with Crippen molar-refractivity contribution in [2.24, 2.45) is 0 Å². The Morgan fingerprint density at radius 3 is 2.39 bits per heavy atom. The number of sulfonamides is 1. The average Bonchev–Trinajstić information content (AvgIpc) is 2.64. The van der Waals surface area contributed by atoms with Crippen molar-refractivity contribution in [3.8, 4) is 11.8 Å². The fourth-order valence-corrected chi connectivity index (χ4v) is 3.53. The molecule has 0 bridgehead atoms. The highest BCUT2D eigenvalue weighted by molar-refractivity contribution is 7.92. The van der Waals surface area contributed by atoms with Crippen LogP contribution in [0.4, 0.5) is 10.1 Å². The van der Waals surface area contributed by atoms with Gasteiger partial charge in [-0.05, 0) is 18.6 Å². The van der Waals surface area contributed by atoms with Crippen LogP contribution in [0.2, 0.25) is 0 Å². The summed E-state index contributed by atoms with van der Waals surface area (Å²) in [5, 5.41) is 0. The summed E-state index contributed by atoms with van der Waals surface area (Å²) in [6, 6.07) is 5.55. The molecule has 0 unspecified atom stereocenters. The number of rotatable bonds is 7. The third-order valence-electron chi connectivity index (χ3n) is 3.91. The number of likely N-dealkylation sites (tertiary alicyclic amines) is 1. The Morgan fingerprint density at radius 1 is 1.11 bits per heavy atom. The number of nitrogens with zero attached hydrogens (tertiary/aromatic N) is 3. The van der Waals surface area contributed by atoms with Crippen molar-refractivity contribution in [1.82, 2.24) is 14.9 Å². The standard InChI is InChI=1S/C17H17FN4O5S/c18-13-4-1-2-5-14(13)27-17-19-10-12(11-20-17)21-28(25,26)9-8-22-15(23)6-3-7-16(22)24/h1-2,4-5,10-11,21H,3,6-9H2. The van der Waals surface area contributed by atoms with Crippen molar-refractivity contribution in [2.45, 2.75) is 19.3 Å². The first-order valence-corrected chi connectivity index (χ1v) is 10.1. The summed E-state index contributed by atoms with van der Waals surface area (Å²) in [5.74, 6) is -1.84. The summed E-state index contributed by atoms with van der Waals surface area (Å²) >= 11 is 0. The molecular weight excluding hydrogens is 391 g/mol. The van der Waals surface area contributed by atoms with Crippen molar-refractivity contribution in [2.75, 3.05) is 17.0 Å². The van der Waals surface area contributed by atoms with Crippen LogP contribution in [0.25, 0.3) is 0 Å². The molecule has 2 aromatic rings. The van der Waals surface area contributed by atoms with Gasteiger partial charge in [0.25, 0.3) is 0 Å². The second-order valence-electron chi connectivity index (χ2n) is 6.00. The van der Waals surface area contributed by atoms with Crippen molar-refractivity contribution in [3.63, 3.8) is 0 Å². The van der Waals surface area contributed by atoms with Gasteiger partial charge in [-0.15, -0.1) is 0 Å². The fraction of sp³-hybridized carbons (Fsp3) is 0.294. The smallest absolute Gasteiger partial charge is 0.322 e. The first kappa shape index (κ1) is 19.7. The van der Waals surface area contributed by atoms with Crippen LogP contribution in [0.1, 0.15) is 19.3 Å². The maximum atomic E-state index is 13.5. The van der Waals surface area contributed by atoms with Crippen LogP contribution in [-0.4, -0.2) is 47.4 Å². The predicted molar refractivity (Wildman–Crippen MR) is 96.5 cm³/mol. The summed E-state index contributed by atoms with van der Waals surface area (Å²) < 4.78 is 45.4. The number of para-hydroxylation sites is 1. The monoisotopic (exact) mass is 408 g/mol. The maximum Gasteiger partial charge on any atom is 0.322 e. The molecule has 1 aliphatic heterocycles. The van der Waals surface area contributed by atoms with Gasteiger partial charge >= 0.3 is 6.01 Å². The number of amides is 2. The lowest BCUT2D eigenvalue weighted by molar-refractivity contribution is -0.147. The number of aromatic nitrogens is 2. The molecule has 3 rings (SSSR count). The van der Waals surface area contributed by atoms with E-state index in [1.54, 1.807) is 6.07 Å². The Bertz CT molecular complexity index is 965. The zero-order valence-corrected chi connectivity index (χ0v) is 15.5. The van der Waals surface area contributed by atoms with E-state index in [0.29, 0.717) is 6.42 Å². The van der Waals surface area contributed by atoms with Crippen LogP contribution in [0.5, 0.6) is 11.8 Å². The SMILES string of the molecule is O=C1CCCC(=O)N1CCS(=O)(=O)Nc1cnc(Oc2ccccc2F)nc1. The van der Waals surface area contributed by atoms with Gasteiger partial charge in [-0.25, -0.2) is 22.8 Å². The van der Waals surface area contributed by atoms with Crippen LogP contribution in [0, 0.1) is 5.82 Å². The highest BCUT2D eigenvalue weighted by Crippen LogP contribution is 2.21. The third-order valence-corrected chi connectivity index (χ3v) is 5.17. The average molecular weight is 408 g/mol. The van der Waals surface area contributed by atoms with Gasteiger partial charge in [-0.1, -0.05) is 12.1 Å². The molecule has 0 spiro atoms. The van der Waals surface area contributed by atoms with E-state index in [0.717, 1.165) is 17.3 Å². The van der Waals surface area contributed by atoms with Crippen molar-refractivity contribution >= 4 is 27.5 Å². The Kier molecular flexibility index (Phi) is 5.83. The molecule has 2 heterocycles. The molecule has 0 saturated carbocycles. The summed E-state index contributed by atoms with van der Waals surface area (Å²) in [6.45, 7) is -0.220. The molecule has 0 radical (unpaired) electrons. The van der Waals surface area contributed by atoms with Gasteiger partial charge in [0.2, 0.25) is 21.8 Å². The molecule has 11 heteroatoms. The van der Waals surface area contributed by atoms with Crippen molar-refractivity contribution in [3.05, 3.63) is 42.5 Å². The molecule has 1 aromatic carbocycles. The van der Waals surface area contributed by atoms with E-state index >= 15 is 0 Å². The predicted octanol–water partition coefficient (Wildman–Crippen LogP) is 1.69. The summed E-state index contributed by atoms with van der Waals surface area (Å²) in [6.07, 6.45) is 3.28. The highest BCUT2D eigenvalue weighted by Gasteiger charge is 2.27. The van der Waals surface area contributed by atoms with Crippen molar-refractivity contribution in [1.29, 1.82) is 0 Å². The second kappa shape index (κ2) is 8.30. The quantitative estimate of drug-likeness (QED) is 0.693. The molecule has 1 N–H and O–H groups in total. The molecule has 1 fully saturated rings. The highest BCUT2D eigenvalue weighted by atomic mass is 32.2. The lowest BCUT2D eigenvalue weighted by Gasteiger charge is -2.24. The molecular formula is C17H17FN4O5S. The normalized spacial score (nSPS) is 14.8. The van der Waals surface area contributed by atoms with Crippen LogP contribution in [0.15, 0.2) is 36.7 Å². The molecule has 1 aliphatic rings. The van der Waals surface area contributed by atoms with Gasteiger partial charge in [0.05, 0.1) is 23.8 Å². The van der Waals surface area contributed by atoms with Crippen molar-refractivity contribution < 1.29 is 27.1 Å². The van der Waals surface area contributed by atoms with E-state index in [9.17, 15) is 22.4 Å². The van der Waals surface area contributed by atoms with E-state index in [1.165, 1.54) is 18.2 Å². The Morgan fingerprint density at radius 2 is 1.75 bits per heavy atom. The lowest BCUT2D eigenvalue weighted by atomic mass is 10.1. The number of benzene rings is 1. The molecule has 28 heavy (non-hydrogen) atoms. The zero-order chi connectivity index (χ0) is 20.1. The first-order valence-electron chi connectivity index (χ1n) is 8.42. The van der Waals surface area contributed by atoms with Crippen LogP contribution >= 0.6 is 0 Å². The number of imide groups is 1. The molecule has 1 saturated heterocycles. The largest absolute Gasteiger partial charge is 0.421 e. The molecule has 2 amide bonds. The second-order valence-corrected chi connectivity index (χ2v) is 7.84. The third kappa shape index (κ3) is 5.00. The number of anilines is 1. The van der Waals surface area contributed by atoms with Gasteiger partial charge in [0.15, 0.2) is 11.6 Å². The molecule has 9 nitrogen and oxygen atoms in total. The number of carbonyl (C=O) groups excluding carboxylic acids is 2. The number of hydrogen-bond acceptors (Lipinski definition) is 7. The van der Waals surface area contributed by atoms with E-state index in [1.807, 2.05) is 0 Å². The van der Waals surface area contributed by atoms with E-state index in [2.05, 4.69) is 14.7 Å². The number of nitrogens with one attached hydrogen (secondary N) is 1.